The van der Waals surface area contributed by atoms with Crippen LogP contribution in [-0.4, -0.2) is 30.2 Å². The number of para-hydroxylation sites is 1. The van der Waals surface area contributed by atoms with Gasteiger partial charge in [0.25, 0.3) is 0 Å². The zero-order valence-corrected chi connectivity index (χ0v) is 18.6. The molecule has 1 amide bonds. The molecule has 1 atom stereocenters. The van der Waals surface area contributed by atoms with Gasteiger partial charge in [-0.05, 0) is 37.6 Å². The zero-order chi connectivity index (χ0) is 23.0. The molecule has 32 heavy (non-hydrogen) atoms. The number of carboxylic acid groups (broad SMARTS) is 1. The minimum atomic E-state index is -1.11. The van der Waals surface area contributed by atoms with Crippen molar-refractivity contribution in [3.8, 4) is 22.6 Å². The van der Waals surface area contributed by atoms with Gasteiger partial charge in [0.05, 0.1) is 18.9 Å². The Morgan fingerprint density at radius 1 is 1.22 bits per heavy atom. The molecule has 4 rings (SSSR count). The van der Waals surface area contributed by atoms with Crippen molar-refractivity contribution in [2.24, 2.45) is 0 Å². The Balaban J connectivity index is 1.94. The van der Waals surface area contributed by atoms with Gasteiger partial charge in [-0.25, -0.2) is 9.18 Å². The Morgan fingerprint density at radius 3 is 2.56 bits per heavy atom. The number of fused-ring (bicyclic) bond motifs is 1. The van der Waals surface area contributed by atoms with Gasteiger partial charge in [0.2, 0.25) is 5.91 Å². The molecule has 166 valence electrons. The molecule has 0 bridgehead atoms. The smallest absolute Gasteiger partial charge is 0.346 e. The predicted molar refractivity (Wildman–Crippen MR) is 121 cm³/mol. The highest BCUT2D eigenvalue weighted by Gasteiger charge is 2.36. The van der Waals surface area contributed by atoms with E-state index < -0.39 is 17.7 Å². The van der Waals surface area contributed by atoms with E-state index in [1.54, 1.807) is 13.2 Å². The predicted octanol–water partition coefficient (Wildman–Crippen LogP) is 5.52. The molecule has 2 heterocycles. The van der Waals surface area contributed by atoms with Gasteiger partial charge in [-0.2, -0.15) is 0 Å². The Kier molecular flexibility index (Phi) is 5.88. The van der Waals surface area contributed by atoms with E-state index >= 15 is 0 Å². The van der Waals surface area contributed by atoms with Crippen LogP contribution in [0.25, 0.3) is 11.1 Å². The monoisotopic (exact) mass is 455 g/mol. The molecule has 1 unspecified atom stereocenters. The molecule has 6 nitrogen and oxygen atoms in total. The number of carbonyl (C=O) groups is 2. The van der Waals surface area contributed by atoms with Crippen LogP contribution in [0, 0.1) is 5.82 Å². The third-order valence-electron chi connectivity index (χ3n) is 5.19. The maximum absolute atomic E-state index is 13.5. The van der Waals surface area contributed by atoms with Crippen molar-refractivity contribution >= 4 is 28.9 Å². The Labute approximate surface area is 188 Å². The van der Waals surface area contributed by atoms with Gasteiger partial charge in [0, 0.05) is 28.3 Å². The molecule has 0 fully saturated rings. The summed E-state index contributed by atoms with van der Waals surface area (Å²) in [7, 11) is 1.55. The van der Waals surface area contributed by atoms with Gasteiger partial charge in [0.1, 0.15) is 10.7 Å². The van der Waals surface area contributed by atoms with Gasteiger partial charge in [-0.1, -0.05) is 24.3 Å². The van der Waals surface area contributed by atoms with E-state index in [1.807, 2.05) is 26.0 Å². The standard InChI is InChI=1S/C24H22FNO5S/c1-12(2)31-21-15(5-4-6-17(21)30-3)16-11-18(27)26-20-19(13-7-9-14(25)10-8-13)23(24(28)29)32-22(16)20/h4-10,12,16H,11H2,1-3H3,(H,26,27)(H,28,29). The number of halogens is 1. The van der Waals surface area contributed by atoms with Crippen molar-refractivity contribution in [3.63, 3.8) is 0 Å². The van der Waals surface area contributed by atoms with E-state index in [9.17, 15) is 19.1 Å². The minimum Gasteiger partial charge on any atom is -0.493 e. The molecule has 0 radical (unpaired) electrons. The van der Waals surface area contributed by atoms with E-state index in [-0.39, 0.29) is 23.3 Å². The van der Waals surface area contributed by atoms with Crippen LogP contribution in [0.3, 0.4) is 0 Å². The number of thiophene rings is 1. The molecule has 3 aromatic rings. The second-order valence-electron chi connectivity index (χ2n) is 7.71. The molecule has 8 heteroatoms. The molecule has 2 N–H and O–H groups in total. The molecule has 0 aliphatic carbocycles. The van der Waals surface area contributed by atoms with Crippen molar-refractivity contribution in [2.75, 3.05) is 12.4 Å². The molecule has 1 aliphatic rings. The number of amides is 1. The topological polar surface area (TPSA) is 84.9 Å². The number of carbonyl (C=O) groups excluding carboxylic acids is 1. The summed E-state index contributed by atoms with van der Waals surface area (Å²) >= 11 is 1.11. The van der Waals surface area contributed by atoms with E-state index in [4.69, 9.17) is 9.47 Å². The van der Waals surface area contributed by atoms with Gasteiger partial charge in [0.15, 0.2) is 11.5 Å². The van der Waals surface area contributed by atoms with Gasteiger partial charge < -0.3 is 19.9 Å². The average molecular weight is 456 g/mol. The first-order valence-electron chi connectivity index (χ1n) is 10.1. The molecule has 0 spiro atoms. The molecular weight excluding hydrogens is 433 g/mol. The minimum absolute atomic E-state index is 0.0861. The van der Waals surface area contributed by atoms with Crippen molar-refractivity contribution in [3.05, 3.63) is 63.6 Å². The van der Waals surface area contributed by atoms with Crippen molar-refractivity contribution in [1.29, 1.82) is 0 Å². The largest absolute Gasteiger partial charge is 0.493 e. The van der Waals surface area contributed by atoms with Crippen LogP contribution in [-0.2, 0) is 4.79 Å². The van der Waals surface area contributed by atoms with E-state index in [0.29, 0.717) is 33.2 Å². The molecule has 2 aromatic carbocycles. The summed E-state index contributed by atoms with van der Waals surface area (Å²) < 4.78 is 25.0. The lowest BCUT2D eigenvalue weighted by Crippen LogP contribution is -2.23. The molecule has 1 aliphatic heterocycles. The fourth-order valence-electron chi connectivity index (χ4n) is 3.91. The number of aromatic carboxylic acids is 1. The van der Waals surface area contributed by atoms with Crippen LogP contribution in [0.1, 0.15) is 46.3 Å². The quantitative estimate of drug-likeness (QED) is 0.511. The molecule has 0 saturated heterocycles. The van der Waals surface area contributed by atoms with Crippen LogP contribution in [0.15, 0.2) is 42.5 Å². The van der Waals surface area contributed by atoms with E-state index in [1.165, 1.54) is 24.3 Å². The van der Waals surface area contributed by atoms with Crippen molar-refractivity contribution in [1.82, 2.24) is 0 Å². The Bertz CT molecular complexity index is 1190. The highest BCUT2D eigenvalue weighted by Crippen LogP contribution is 2.52. The van der Waals surface area contributed by atoms with Crippen LogP contribution in [0.4, 0.5) is 10.1 Å². The Hall–Kier alpha value is -3.39. The lowest BCUT2D eigenvalue weighted by Gasteiger charge is -2.27. The number of rotatable bonds is 6. The number of hydrogen-bond acceptors (Lipinski definition) is 5. The summed E-state index contributed by atoms with van der Waals surface area (Å²) in [6.07, 6.45) is 0.00599. The highest BCUT2D eigenvalue weighted by molar-refractivity contribution is 7.15. The first kappa shape index (κ1) is 21.8. The van der Waals surface area contributed by atoms with Crippen LogP contribution >= 0.6 is 11.3 Å². The summed E-state index contributed by atoms with van der Waals surface area (Å²) in [4.78, 5) is 25.6. The van der Waals surface area contributed by atoms with E-state index in [2.05, 4.69) is 5.32 Å². The summed E-state index contributed by atoms with van der Waals surface area (Å²) in [6, 6.07) is 11.0. The van der Waals surface area contributed by atoms with Crippen LogP contribution in [0.2, 0.25) is 0 Å². The second-order valence-corrected chi connectivity index (χ2v) is 8.76. The summed E-state index contributed by atoms with van der Waals surface area (Å²) in [5, 5.41) is 12.7. The fourth-order valence-corrected chi connectivity index (χ4v) is 5.15. The lowest BCUT2D eigenvalue weighted by molar-refractivity contribution is -0.116. The number of anilines is 1. The van der Waals surface area contributed by atoms with Gasteiger partial charge >= 0.3 is 5.97 Å². The maximum Gasteiger partial charge on any atom is 0.346 e. The van der Waals surface area contributed by atoms with Crippen molar-refractivity contribution < 1.29 is 28.6 Å². The fraction of sp³-hybridized carbons (Fsp3) is 0.250. The number of hydrogen-bond donors (Lipinski definition) is 2. The number of carboxylic acids is 1. The number of ether oxygens (including phenoxy) is 2. The molecule has 1 aromatic heterocycles. The highest BCUT2D eigenvalue weighted by atomic mass is 32.1. The number of methoxy groups -OCH3 is 1. The lowest BCUT2D eigenvalue weighted by atomic mass is 9.88. The number of benzene rings is 2. The third-order valence-corrected chi connectivity index (χ3v) is 6.48. The van der Waals surface area contributed by atoms with Gasteiger partial charge in [-0.15, -0.1) is 11.3 Å². The average Bonchev–Trinajstić information content (AvgIpc) is 3.13. The molecule has 0 saturated carbocycles. The number of nitrogens with one attached hydrogen (secondary N) is 1. The summed E-state index contributed by atoms with van der Waals surface area (Å²) in [6.45, 7) is 3.80. The summed E-state index contributed by atoms with van der Waals surface area (Å²) in [5.41, 5.74) is 2.09. The maximum atomic E-state index is 13.5. The first-order valence-corrected chi connectivity index (χ1v) is 10.9. The summed E-state index contributed by atoms with van der Waals surface area (Å²) in [5.74, 6) is -1.12. The van der Waals surface area contributed by atoms with Crippen LogP contribution in [0.5, 0.6) is 11.5 Å². The van der Waals surface area contributed by atoms with E-state index in [0.717, 1.165) is 16.9 Å². The Morgan fingerprint density at radius 2 is 1.94 bits per heavy atom. The normalized spacial score (nSPS) is 15.3. The van der Waals surface area contributed by atoms with Crippen molar-refractivity contribution in [2.45, 2.75) is 32.3 Å². The van der Waals surface area contributed by atoms with Gasteiger partial charge in [-0.3, -0.25) is 4.79 Å². The SMILES string of the molecule is COc1cccc(C2CC(=O)Nc3c2sc(C(=O)O)c3-c2ccc(F)cc2)c1OC(C)C. The zero-order valence-electron chi connectivity index (χ0n) is 17.8. The van der Waals surface area contributed by atoms with Crippen LogP contribution < -0.4 is 14.8 Å². The third kappa shape index (κ3) is 3.93. The first-order chi connectivity index (χ1) is 15.3. The molecular formula is C24H22FNO5S. The second kappa shape index (κ2) is 8.63.